The van der Waals surface area contributed by atoms with Crippen molar-refractivity contribution < 1.29 is 13.7 Å². The number of ether oxygens (including phenoxy) is 2. The van der Waals surface area contributed by atoms with E-state index in [2.05, 4.69) is 5.32 Å². The SMILES string of the molecule is CCOc1ccccc1OCCNCCCS(C)=O. The largest absolute Gasteiger partial charge is 0.490 e. The minimum absolute atomic E-state index is 0.597. The molecule has 0 aliphatic rings. The van der Waals surface area contributed by atoms with Crippen LogP contribution in [0.5, 0.6) is 11.5 Å². The fourth-order valence-corrected chi connectivity index (χ4v) is 2.15. The van der Waals surface area contributed by atoms with Crippen LogP contribution >= 0.6 is 0 Å². The van der Waals surface area contributed by atoms with E-state index in [9.17, 15) is 4.21 Å². The molecule has 0 aromatic heterocycles. The van der Waals surface area contributed by atoms with Crippen LogP contribution in [0.15, 0.2) is 24.3 Å². The average Bonchev–Trinajstić information content (AvgIpc) is 2.39. The third kappa shape index (κ3) is 7.18. The summed E-state index contributed by atoms with van der Waals surface area (Å²) in [6.45, 7) is 4.83. The lowest BCUT2D eigenvalue weighted by Crippen LogP contribution is -2.23. The lowest BCUT2D eigenvalue weighted by atomic mass is 10.3. The molecule has 1 rings (SSSR count). The van der Waals surface area contributed by atoms with E-state index >= 15 is 0 Å². The van der Waals surface area contributed by atoms with Crippen LogP contribution in [0.1, 0.15) is 13.3 Å². The molecule has 0 aliphatic carbocycles. The van der Waals surface area contributed by atoms with Crippen LogP contribution in [0.3, 0.4) is 0 Å². The molecule has 108 valence electrons. The van der Waals surface area contributed by atoms with Gasteiger partial charge in [-0.15, -0.1) is 0 Å². The van der Waals surface area contributed by atoms with Crippen LogP contribution in [-0.2, 0) is 10.8 Å². The predicted molar refractivity (Wildman–Crippen MR) is 79.5 cm³/mol. The number of hydrogen-bond acceptors (Lipinski definition) is 4. The van der Waals surface area contributed by atoms with E-state index in [1.165, 1.54) is 0 Å². The zero-order valence-electron chi connectivity index (χ0n) is 11.7. The van der Waals surface area contributed by atoms with Gasteiger partial charge in [-0.25, -0.2) is 0 Å². The zero-order valence-corrected chi connectivity index (χ0v) is 12.5. The van der Waals surface area contributed by atoms with Gasteiger partial charge in [-0.05, 0) is 32.0 Å². The molecule has 0 saturated carbocycles. The summed E-state index contributed by atoms with van der Waals surface area (Å²) in [4.78, 5) is 0. The number of para-hydroxylation sites is 2. The molecule has 1 unspecified atom stereocenters. The first-order valence-electron chi connectivity index (χ1n) is 6.59. The third-order valence-electron chi connectivity index (χ3n) is 2.47. The van der Waals surface area contributed by atoms with Crippen LogP contribution in [-0.4, -0.2) is 42.5 Å². The Labute approximate surface area is 118 Å². The molecule has 0 amide bonds. The highest BCUT2D eigenvalue weighted by atomic mass is 32.2. The van der Waals surface area contributed by atoms with Crippen LogP contribution < -0.4 is 14.8 Å². The molecular formula is C14H23NO3S. The maximum absolute atomic E-state index is 10.9. The summed E-state index contributed by atoms with van der Waals surface area (Å²) < 4.78 is 22.0. The van der Waals surface area contributed by atoms with Crippen LogP contribution in [0.4, 0.5) is 0 Å². The van der Waals surface area contributed by atoms with Crippen molar-refractivity contribution in [2.45, 2.75) is 13.3 Å². The fourth-order valence-electron chi connectivity index (χ4n) is 1.60. The van der Waals surface area contributed by atoms with Gasteiger partial charge in [0.2, 0.25) is 0 Å². The molecule has 0 fully saturated rings. The lowest BCUT2D eigenvalue weighted by molar-refractivity contribution is 0.276. The van der Waals surface area contributed by atoms with Crippen molar-refractivity contribution in [2.75, 3.05) is 38.3 Å². The minimum Gasteiger partial charge on any atom is -0.490 e. The van der Waals surface area contributed by atoms with Gasteiger partial charge in [0.15, 0.2) is 11.5 Å². The van der Waals surface area contributed by atoms with Crippen LogP contribution in [0, 0.1) is 0 Å². The first-order valence-corrected chi connectivity index (χ1v) is 8.32. The highest BCUT2D eigenvalue weighted by Gasteiger charge is 2.02. The molecule has 0 heterocycles. The van der Waals surface area contributed by atoms with E-state index in [-0.39, 0.29) is 0 Å². The fraction of sp³-hybridized carbons (Fsp3) is 0.571. The Hall–Kier alpha value is -1.07. The van der Waals surface area contributed by atoms with Crippen molar-refractivity contribution in [3.63, 3.8) is 0 Å². The maximum atomic E-state index is 10.9. The molecule has 0 bridgehead atoms. The summed E-state index contributed by atoms with van der Waals surface area (Å²) in [5, 5.41) is 3.26. The molecule has 4 nitrogen and oxygen atoms in total. The van der Waals surface area contributed by atoms with Crippen LogP contribution in [0.2, 0.25) is 0 Å². The Kier molecular flexibility index (Phi) is 8.25. The molecule has 1 atom stereocenters. The molecular weight excluding hydrogens is 262 g/mol. The van der Waals surface area contributed by atoms with Crippen molar-refractivity contribution in [1.29, 1.82) is 0 Å². The maximum Gasteiger partial charge on any atom is 0.161 e. The number of nitrogens with one attached hydrogen (secondary N) is 1. The van der Waals surface area contributed by atoms with E-state index in [4.69, 9.17) is 9.47 Å². The summed E-state index contributed by atoms with van der Waals surface area (Å²) in [5.41, 5.74) is 0. The second kappa shape index (κ2) is 9.81. The Morgan fingerprint density at radius 2 is 1.84 bits per heavy atom. The van der Waals surface area contributed by atoms with Crippen molar-refractivity contribution in [3.05, 3.63) is 24.3 Å². The second-order valence-corrected chi connectivity index (χ2v) is 5.66. The predicted octanol–water partition coefficient (Wildman–Crippen LogP) is 1.82. The summed E-state index contributed by atoms with van der Waals surface area (Å²) in [6.07, 6.45) is 2.66. The Balaban J connectivity index is 2.17. The van der Waals surface area contributed by atoms with Gasteiger partial charge in [0.05, 0.1) is 6.61 Å². The van der Waals surface area contributed by atoms with Gasteiger partial charge in [0.1, 0.15) is 6.61 Å². The zero-order chi connectivity index (χ0) is 13.9. The number of hydrogen-bond donors (Lipinski definition) is 1. The smallest absolute Gasteiger partial charge is 0.161 e. The van der Waals surface area contributed by atoms with Crippen molar-refractivity contribution in [3.8, 4) is 11.5 Å². The minimum atomic E-state index is -0.696. The monoisotopic (exact) mass is 285 g/mol. The first kappa shape index (κ1) is 16.0. The van der Waals surface area contributed by atoms with Gasteiger partial charge in [0.25, 0.3) is 0 Å². The summed E-state index contributed by atoms with van der Waals surface area (Å²) >= 11 is 0. The topological polar surface area (TPSA) is 47.6 Å². The highest BCUT2D eigenvalue weighted by Crippen LogP contribution is 2.25. The Morgan fingerprint density at radius 3 is 2.47 bits per heavy atom. The number of benzene rings is 1. The van der Waals surface area contributed by atoms with Gasteiger partial charge in [-0.2, -0.15) is 0 Å². The van der Waals surface area contributed by atoms with Gasteiger partial charge in [0, 0.05) is 29.4 Å². The molecule has 19 heavy (non-hydrogen) atoms. The molecule has 0 saturated heterocycles. The molecule has 1 aromatic carbocycles. The standard InChI is InChI=1S/C14H23NO3S/c1-3-17-13-7-4-5-8-14(13)18-11-10-15-9-6-12-19(2)16/h4-5,7-8,15H,3,6,9-12H2,1-2H3. The highest BCUT2D eigenvalue weighted by molar-refractivity contribution is 7.84. The molecule has 1 aromatic rings. The molecule has 0 radical (unpaired) electrons. The summed E-state index contributed by atoms with van der Waals surface area (Å²) in [6, 6.07) is 7.68. The van der Waals surface area contributed by atoms with Gasteiger partial charge >= 0.3 is 0 Å². The molecule has 0 spiro atoms. The normalized spacial score (nSPS) is 12.1. The van der Waals surface area contributed by atoms with Gasteiger partial charge in [-0.1, -0.05) is 12.1 Å². The van der Waals surface area contributed by atoms with Crippen molar-refractivity contribution in [1.82, 2.24) is 5.32 Å². The van der Waals surface area contributed by atoms with E-state index in [1.54, 1.807) is 6.26 Å². The van der Waals surface area contributed by atoms with Gasteiger partial charge in [-0.3, -0.25) is 4.21 Å². The quantitative estimate of drug-likeness (QED) is 0.666. The third-order valence-corrected chi connectivity index (χ3v) is 3.33. The van der Waals surface area contributed by atoms with Crippen molar-refractivity contribution in [2.24, 2.45) is 0 Å². The van der Waals surface area contributed by atoms with Crippen molar-refractivity contribution >= 4 is 10.8 Å². The van der Waals surface area contributed by atoms with Crippen LogP contribution in [0.25, 0.3) is 0 Å². The van der Waals surface area contributed by atoms with E-state index < -0.39 is 10.8 Å². The van der Waals surface area contributed by atoms with E-state index in [1.807, 2.05) is 31.2 Å². The Morgan fingerprint density at radius 1 is 1.16 bits per heavy atom. The Bertz CT molecular complexity index is 385. The second-order valence-electron chi connectivity index (χ2n) is 4.11. The van der Waals surface area contributed by atoms with E-state index in [0.717, 1.165) is 36.8 Å². The van der Waals surface area contributed by atoms with E-state index in [0.29, 0.717) is 13.2 Å². The molecule has 5 heteroatoms. The molecule has 0 aliphatic heterocycles. The van der Waals surface area contributed by atoms with Gasteiger partial charge < -0.3 is 14.8 Å². The summed E-state index contributed by atoms with van der Waals surface area (Å²) in [5.74, 6) is 2.31. The lowest BCUT2D eigenvalue weighted by Gasteiger charge is -2.11. The first-order chi connectivity index (χ1) is 9.24. The molecule has 1 N–H and O–H groups in total. The number of rotatable bonds is 10. The summed E-state index contributed by atoms with van der Waals surface area (Å²) in [7, 11) is -0.696. The average molecular weight is 285 g/mol.